The molecular weight excluding hydrogens is 1690 g/mol. The van der Waals surface area contributed by atoms with E-state index in [-0.39, 0.29) is 5.28 Å². The molecule has 0 radical (unpaired) electrons. The Morgan fingerprint density at radius 2 is 0.420 bits per heavy atom. The van der Waals surface area contributed by atoms with E-state index >= 15 is 0 Å². The van der Waals surface area contributed by atoms with Gasteiger partial charge < -0.3 is 4.98 Å². The molecule has 2 aliphatic heterocycles. The number of H-pyrrole nitrogens is 1. The Bertz CT molecular complexity index is 8580. The Kier molecular flexibility index (Phi) is 17.9. The summed E-state index contributed by atoms with van der Waals surface area (Å²) in [4.78, 5) is 39.7. The number of aromatic amines is 1. The molecular formula is C114H73ClN12S2Si2. The van der Waals surface area contributed by atoms with Crippen molar-refractivity contribution in [2.75, 3.05) is 0 Å². The van der Waals surface area contributed by atoms with Gasteiger partial charge in [-0.05, 0) is 150 Å². The number of aromatic nitrogens is 12. The molecule has 0 bridgehead atoms. The molecule has 10 heterocycles. The molecule has 131 heavy (non-hydrogen) atoms. The minimum absolute atomic E-state index is 0.152. The summed E-state index contributed by atoms with van der Waals surface area (Å²) in [6.45, 7) is 0. The van der Waals surface area contributed by atoms with E-state index in [1.165, 1.54) is 82.9 Å². The number of nitrogens with one attached hydrogen (secondary N) is 1. The predicted molar refractivity (Wildman–Crippen MR) is 548 cm³/mol. The summed E-state index contributed by atoms with van der Waals surface area (Å²) in [7, 11) is -5.38. The van der Waals surface area contributed by atoms with Crippen molar-refractivity contribution < 1.29 is 0 Å². The summed E-state index contributed by atoms with van der Waals surface area (Å²) in [6, 6.07) is 157. The Morgan fingerprint density at radius 3 is 0.740 bits per heavy atom. The van der Waals surface area contributed by atoms with Crippen molar-refractivity contribution in [3.05, 3.63) is 442 Å². The van der Waals surface area contributed by atoms with Crippen LogP contribution in [0.4, 0.5) is 0 Å². The van der Waals surface area contributed by atoms with Crippen LogP contribution >= 0.6 is 35.1 Å². The Balaban J connectivity index is 0.000000114. The first-order valence-corrected chi connectivity index (χ1v) is 49.9. The van der Waals surface area contributed by atoms with Gasteiger partial charge >= 0.3 is 0 Å². The molecule has 0 aliphatic carbocycles. The first kappa shape index (κ1) is 76.4. The van der Waals surface area contributed by atoms with Gasteiger partial charge in [0.2, 0.25) is 35.0 Å². The monoisotopic (exact) mass is 1760 g/mol. The topological polar surface area (TPSA) is 118 Å². The molecule has 1 N–H and O–H groups in total. The zero-order valence-corrected chi connectivity index (χ0v) is 74.6. The van der Waals surface area contributed by atoms with E-state index in [1.807, 2.05) is 72.1 Å². The summed E-state index contributed by atoms with van der Waals surface area (Å²) in [5, 5.41) is 25.4. The number of rotatable bonds is 9. The molecule has 0 saturated carbocycles. The predicted octanol–water partition coefficient (Wildman–Crippen LogP) is 22.9. The largest absolute Gasteiger partial charge is 0.355 e. The third-order valence-corrected chi connectivity index (χ3v) is 39.5. The summed E-state index contributed by atoms with van der Waals surface area (Å²) >= 11 is 10.3. The molecule has 2 aliphatic rings. The number of fused-ring (bicyclic) bond motifs is 22. The van der Waals surface area contributed by atoms with Crippen molar-refractivity contribution in [3.8, 4) is 29.7 Å². The maximum Gasteiger partial charge on any atom is 0.241 e. The van der Waals surface area contributed by atoms with Crippen molar-refractivity contribution in [3.63, 3.8) is 0 Å². The van der Waals surface area contributed by atoms with E-state index in [2.05, 4.69) is 426 Å². The molecule has 17 heteroatoms. The molecule has 0 saturated heterocycles. The van der Waals surface area contributed by atoms with E-state index in [0.717, 1.165) is 109 Å². The van der Waals surface area contributed by atoms with Crippen LogP contribution in [-0.4, -0.2) is 73.9 Å². The van der Waals surface area contributed by atoms with Gasteiger partial charge in [0.15, 0.2) is 16.1 Å². The molecule has 18 aromatic carbocycles. The maximum absolute atomic E-state index is 6.50. The molecule has 0 spiro atoms. The van der Waals surface area contributed by atoms with Gasteiger partial charge in [0.05, 0.1) is 55.2 Å². The van der Waals surface area contributed by atoms with Gasteiger partial charge in [-0.1, -0.05) is 363 Å². The lowest BCUT2D eigenvalue weighted by atomic mass is 10.1. The quantitative estimate of drug-likeness (QED) is 0.142. The highest BCUT2D eigenvalue weighted by molar-refractivity contribution is 8.00. The summed E-state index contributed by atoms with van der Waals surface area (Å²) < 4.78 is 10.8. The average molecular weight is 1770 g/mol. The molecule has 0 fully saturated rings. The number of nitrogens with zero attached hydrogens (tertiary/aromatic N) is 11. The standard InChI is InChI=1S/C57H36N6SSi.C30H21NSSi.C27H16ClN5/c1-2-18-37(19-3-1)65(53-32-16-14-30-51(53)64-52-31-15-17-33-54(52)65)38-34-35-44-43-24-8-13-29-49(43)63(50(44)36-38)57-59-55(61-45-25-9-4-20-39(45)40-21-5-10-26-46(40)61)58-56(60-57)62-47-27-11-6-22-41(47)42-23-7-12-28-48(42)62;1-2-10-21(11-3-1)33(22-18-19-24-23-12-4-5-13-25(23)31-26(24)20-22)29-16-8-6-14-27(29)32-28-15-7-9-17-30(28)33;28-25-29-26(32-21-13-5-1-9-17(21)18-10-2-6-14-22(18)32)31-27(30-25)33-23-15-7-3-11-19(23)20-12-4-8-16-24(20)33/h1-36H;1-20,31H;1-16H. The van der Waals surface area contributed by atoms with E-state index in [4.69, 9.17) is 31.5 Å². The average Bonchev–Trinajstić information content (AvgIpc) is 1.70. The van der Waals surface area contributed by atoms with Crippen molar-refractivity contribution in [2.24, 2.45) is 0 Å². The minimum Gasteiger partial charge on any atom is -0.355 e. The van der Waals surface area contributed by atoms with E-state index in [0.29, 0.717) is 29.7 Å². The summed E-state index contributed by atoms with van der Waals surface area (Å²) in [5.41, 5.74) is 12.7. The maximum atomic E-state index is 6.50. The van der Waals surface area contributed by atoms with Crippen molar-refractivity contribution in [1.82, 2.24) is 57.7 Å². The lowest BCUT2D eigenvalue weighted by Gasteiger charge is -2.39. The van der Waals surface area contributed by atoms with Gasteiger partial charge in [-0.25, -0.2) is 0 Å². The molecule has 28 rings (SSSR count). The first-order valence-electron chi connectivity index (χ1n) is 43.9. The fourth-order valence-corrected chi connectivity index (χ4v) is 35.2. The SMILES string of the molecule is Clc1nc(-n2c3ccccc3c3ccccc32)nc(-n2c3ccccc3c3ccccc32)n1.c1ccc([Si]2(c3ccc4c(c3)[nH]c3ccccc34)c3ccccc3Sc3ccccc32)cc1.c1ccc([Si]2(c3ccc4c5ccccc5n(-c5nc(-n6c7ccccc7c7ccccc76)nc(-n6c7ccccc7c7ccccc76)n5)c4c3)c3ccccc3Sc3ccccc32)cc1. The van der Waals surface area contributed by atoms with E-state index < -0.39 is 16.1 Å². The number of para-hydroxylation sites is 10. The zero-order valence-electron chi connectivity index (χ0n) is 70.2. The number of halogens is 1. The van der Waals surface area contributed by atoms with Crippen LogP contribution in [0.3, 0.4) is 0 Å². The van der Waals surface area contributed by atoms with Gasteiger partial charge in [-0.3, -0.25) is 22.8 Å². The van der Waals surface area contributed by atoms with Gasteiger partial charge in [0, 0.05) is 95.3 Å². The number of benzene rings is 18. The highest BCUT2D eigenvalue weighted by Crippen LogP contribution is 2.42. The zero-order chi connectivity index (χ0) is 86.4. The molecule has 0 atom stereocenters. The Morgan fingerprint density at radius 1 is 0.191 bits per heavy atom. The van der Waals surface area contributed by atoms with Crippen molar-refractivity contribution >= 4 is 224 Å². The van der Waals surface area contributed by atoms with Gasteiger partial charge in [-0.15, -0.1) is 0 Å². The van der Waals surface area contributed by atoms with E-state index in [1.54, 1.807) is 0 Å². The summed E-state index contributed by atoms with van der Waals surface area (Å²) in [6.07, 6.45) is 0. The highest BCUT2D eigenvalue weighted by Gasteiger charge is 2.49. The van der Waals surface area contributed by atoms with Gasteiger partial charge in [0.1, 0.15) is 0 Å². The second-order valence-electron chi connectivity index (χ2n) is 33.4. The van der Waals surface area contributed by atoms with Crippen LogP contribution in [0.5, 0.6) is 0 Å². The van der Waals surface area contributed by atoms with Gasteiger partial charge in [0.25, 0.3) is 0 Å². The smallest absolute Gasteiger partial charge is 0.241 e. The molecule has 0 amide bonds. The van der Waals surface area contributed by atoms with Crippen molar-refractivity contribution in [1.29, 1.82) is 0 Å². The number of hydrogen-bond donors (Lipinski definition) is 1. The van der Waals surface area contributed by atoms with Crippen LogP contribution in [0.2, 0.25) is 5.28 Å². The summed E-state index contributed by atoms with van der Waals surface area (Å²) in [5.74, 6) is 2.63. The molecule has 8 aromatic heterocycles. The van der Waals surface area contributed by atoms with Crippen molar-refractivity contribution in [2.45, 2.75) is 19.6 Å². The van der Waals surface area contributed by atoms with E-state index in [9.17, 15) is 0 Å². The molecule has 12 nitrogen and oxygen atoms in total. The van der Waals surface area contributed by atoms with Gasteiger partial charge in [-0.2, -0.15) is 29.9 Å². The highest BCUT2D eigenvalue weighted by atomic mass is 35.5. The number of hydrogen-bond acceptors (Lipinski definition) is 8. The van der Waals surface area contributed by atoms with Crippen LogP contribution in [0.25, 0.3) is 161 Å². The fraction of sp³-hybridized carbons (Fsp3) is 0. The fourth-order valence-electron chi connectivity index (χ4n) is 21.2. The van der Waals surface area contributed by atoms with Crippen LogP contribution in [0.1, 0.15) is 0 Å². The second kappa shape index (κ2) is 30.7. The van der Waals surface area contributed by atoms with Crippen LogP contribution in [0.15, 0.2) is 456 Å². The Hall–Kier alpha value is -15.8. The van der Waals surface area contributed by atoms with Crippen LogP contribution < -0.4 is 41.5 Å². The molecule has 0 unspecified atom stereocenters. The first-order chi connectivity index (χ1) is 64.9. The van der Waals surface area contributed by atoms with Crippen LogP contribution in [0, 0.1) is 0 Å². The second-order valence-corrected chi connectivity index (χ2v) is 43.3. The minimum atomic E-state index is -2.89. The third kappa shape index (κ3) is 11.9. The van der Waals surface area contributed by atoms with Crippen LogP contribution in [-0.2, 0) is 0 Å². The molecule has 26 aromatic rings. The molecule has 616 valence electrons. The Labute approximate surface area is 766 Å². The lowest BCUT2D eigenvalue weighted by Crippen LogP contribution is -2.76. The normalized spacial score (nSPS) is 13.1. The lowest BCUT2D eigenvalue weighted by molar-refractivity contribution is 0.848. The third-order valence-electron chi connectivity index (χ3n) is 26.6.